The van der Waals surface area contributed by atoms with E-state index in [1.807, 2.05) is 0 Å². The molecule has 0 aliphatic rings. The third-order valence-electron chi connectivity index (χ3n) is 0.886. The molecule has 0 heterocycles. The molecular weight excluding hydrogens is 140 g/mol. The minimum Gasteiger partial charge on any atom is -0.392 e. The zero-order valence-electron chi connectivity index (χ0n) is 6.96. The topological polar surface area (TPSA) is 40.5 Å². The van der Waals surface area contributed by atoms with Crippen molar-refractivity contribution < 1.29 is 10.2 Å². The van der Waals surface area contributed by atoms with E-state index in [-0.39, 0.29) is 6.61 Å². The van der Waals surface area contributed by atoms with Crippen LogP contribution in [0.5, 0.6) is 0 Å². The summed E-state index contributed by atoms with van der Waals surface area (Å²) in [6, 6.07) is 0. The van der Waals surface area contributed by atoms with E-state index < -0.39 is 5.60 Å². The molecular formula is C9H14O2. The summed E-state index contributed by atoms with van der Waals surface area (Å²) in [5, 5.41) is 17.5. The van der Waals surface area contributed by atoms with Gasteiger partial charge in [0.15, 0.2) is 0 Å². The number of aliphatic hydroxyl groups is 2. The van der Waals surface area contributed by atoms with Crippen LogP contribution < -0.4 is 0 Å². The summed E-state index contributed by atoms with van der Waals surface area (Å²) in [5.74, 6) is 5.42. The average molecular weight is 154 g/mol. The SMILES string of the molecule is CC(C)(O)C#CCC=CCO. The minimum absolute atomic E-state index is 0.0458. The molecule has 0 amide bonds. The molecule has 0 fully saturated rings. The van der Waals surface area contributed by atoms with Gasteiger partial charge in [-0.05, 0) is 13.8 Å². The van der Waals surface area contributed by atoms with Crippen molar-refractivity contribution in [1.29, 1.82) is 0 Å². The second-order valence-electron chi connectivity index (χ2n) is 2.72. The second-order valence-corrected chi connectivity index (χ2v) is 2.72. The molecule has 0 rings (SSSR count). The molecule has 2 N–H and O–H groups in total. The van der Waals surface area contributed by atoms with Crippen LogP contribution in [-0.2, 0) is 0 Å². The predicted molar refractivity (Wildman–Crippen MR) is 44.9 cm³/mol. The van der Waals surface area contributed by atoms with Gasteiger partial charge >= 0.3 is 0 Å². The lowest BCUT2D eigenvalue weighted by atomic mass is 10.1. The molecule has 0 aromatic rings. The summed E-state index contributed by atoms with van der Waals surface area (Å²) in [6.45, 7) is 3.32. The molecule has 0 radical (unpaired) electrons. The molecule has 0 saturated carbocycles. The fraction of sp³-hybridized carbons (Fsp3) is 0.556. The van der Waals surface area contributed by atoms with E-state index in [9.17, 15) is 0 Å². The fourth-order valence-electron chi connectivity index (χ4n) is 0.484. The van der Waals surface area contributed by atoms with Crippen molar-refractivity contribution in [3.05, 3.63) is 12.2 Å². The third kappa shape index (κ3) is 9.22. The van der Waals surface area contributed by atoms with E-state index >= 15 is 0 Å². The number of aliphatic hydroxyl groups excluding tert-OH is 1. The Kier molecular flexibility index (Phi) is 4.60. The van der Waals surface area contributed by atoms with Crippen molar-refractivity contribution in [2.45, 2.75) is 25.9 Å². The Morgan fingerprint density at radius 3 is 2.45 bits per heavy atom. The maximum atomic E-state index is 9.13. The lowest BCUT2D eigenvalue weighted by Gasteiger charge is -2.05. The van der Waals surface area contributed by atoms with E-state index in [4.69, 9.17) is 10.2 Å². The maximum absolute atomic E-state index is 9.13. The lowest BCUT2D eigenvalue weighted by Crippen LogP contribution is -2.14. The van der Waals surface area contributed by atoms with E-state index in [1.54, 1.807) is 26.0 Å². The number of hydrogen-bond acceptors (Lipinski definition) is 2. The van der Waals surface area contributed by atoms with E-state index in [1.165, 1.54) is 0 Å². The van der Waals surface area contributed by atoms with Gasteiger partial charge in [-0.15, -0.1) is 0 Å². The van der Waals surface area contributed by atoms with E-state index in [2.05, 4.69) is 11.8 Å². The van der Waals surface area contributed by atoms with Crippen LogP contribution in [0.1, 0.15) is 20.3 Å². The van der Waals surface area contributed by atoms with Gasteiger partial charge in [0.25, 0.3) is 0 Å². The fourth-order valence-corrected chi connectivity index (χ4v) is 0.484. The predicted octanol–water partition coefficient (Wildman–Crippen LogP) is 0.699. The minimum atomic E-state index is -0.910. The third-order valence-corrected chi connectivity index (χ3v) is 0.886. The monoisotopic (exact) mass is 154 g/mol. The van der Waals surface area contributed by atoms with Crippen molar-refractivity contribution in [2.75, 3.05) is 6.61 Å². The first kappa shape index (κ1) is 10.2. The molecule has 62 valence electrons. The number of hydrogen-bond donors (Lipinski definition) is 2. The number of rotatable bonds is 2. The first-order chi connectivity index (χ1) is 5.06. The number of allylic oxidation sites excluding steroid dienone is 1. The van der Waals surface area contributed by atoms with Crippen LogP contribution in [0, 0.1) is 11.8 Å². The van der Waals surface area contributed by atoms with Gasteiger partial charge in [-0.2, -0.15) is 0 Å². The lowest BCUT2D eigenvalue weighted by molar-refractivity contribution is 0.143. The van der Waals surface area contributed by atoms with Gasteiger partial charge in [0.05, 0.1) is 6.61 Å². The van der Waals surface area contributed by atoms with Crippen LogP contribution in [0.25, 0.3) is 0 Å². The molecule has 0 unspecified atom stereocenters. The highest BCUT2D eigenvalue weighted by molar-refractivity contribution is 5.12. The first-order valence-electron chi connectivity index (χ1n) is 3.54. The van der Waals surface area contributed by atoms with Crippen molar-refractivity contribution in [1.82, 2.24) is 0 Å². The largest absolute Gasteiger partial charge is 0.392 e. The molecule has 2 nitrogen and oxygen atoms in total. The van der Waals surface area contributed by atoms with Crippen LogP contribution in [0.15, 0.2) is 12.2 Å². The summed E-state index contributed by atoms with van der Waals surface area (Å²) in [4.78, 5) is 0. The van der Waals surface area contributed by atoms with E-state index in [0.29, 0.717) is 6.42 Å². The normalized spacial score (nSPS) is 11.3. The molecule has 2 heteroatoms. The molecule has 0 aliphatic heterocycles. The summed E-state index contributed by atoms with van der Waals surface area (Å²) < 4.78 is 0. The van der Waals surface area contributed by atoms with Crippen molar-refractivity contribution >= 4 is 0 Å². The van der Waals surface area contributed by atoms with Crippen LogP contribution in [0.3, 0.4) is 0 Å². The molecule has 0 atom stereocenters. The highest BCUT2D eigenvalue weighted by atomic mass is 16.3. The van der Waals surface area contributed by atoms with Gasteiger partial charge in [0.1, 0.15) is 5.60 Å². The molecule has 11 heavy (non-hydrogen) atoms. The Bertz CT molecular complexity index is 176. The molecule has 0 saturated heterocycles. The van der Waals surface area contributed by atoms with Crippen LogP contribution in [-0.4, -0.2) is 22.4 Å². The average Bonchev–Trinajstić information content (AvgIpc) is 1.85. The van der Waals surface area contributed by atoms with Gasteiger partial charge in [-0.1, -0.05) is 24.0 Å². The highest BCUT2D eigenvalue weighted by Crippen LogP contribution is 1.96. The molecule has 0 aromatic carbocycles. The van der Waals surface area contributed by atoms with Crippen molar-refractivity contribution in [2.24, 2.45) is 0 Å². The first-order valence-corrected chi connectivity index (χ1v) is 3.54. The Balaban J connectivity index is 3.65. The maximum Gasteiger partial charge on any atom is 0.119 e. The summed E-state index contributed by atoms with van der Waals surface area (Å²) in [7, 11) is 0. The zero-order valence-corrected chi connectivity index (χ0v) is 6.96. The van der Waals surface area contributed by atoms with Crippen LogP contribution in [0.4, 0.5) is 0 Å². The van der Waals surface area contributed by atoms with Crippen molar-refractivity contribution in [3.63, 3.8) is 0 Å². The van der Waals surface area contributed by atoms with Crippen LogP contribution in [0.2, 0.25) is 0 Å². The quantitative estimate of drug-likeness (QED) is 0.454. The zero-order chi connectivity index (χ0) is 8.74. The Morgan fingerprint density at radius 1 is 1.36 bits per heavy atom. The Hall–Kier alpha value is -0.780. The smallest absolute Gasteiger partial charge is 0.119 e. The standard InChI is InChI=1S/C9H14O2/c1-9(2,11)7-5-3-4-6-8-10/h4,6,10-11H,3,8H2,1-2H3. The molecule has 0 aliphatic carbocycles. The van der Waals surface area contributed by atoms with E-state index in [0.717, 1.165) is 0 Å². The summed E-state index contributed by atoms with van der Waals surface area (Å²) in [6.07, 6.45) is 3.96. The molecule has 0 spiro atoms. The summed E-state index contributed by atoms with van der Waals surface area (Å²) >= 11 is 0. The van der Waals surface area contributed by atoms with Gasteiger partial charge < -0.3 is 10.2 Å². The summed E-state index contributed by atoms with van der Waals surface area (Å²) in [5.41, 5.74) is -0.910. The molecule has 0 bridgehead atoms. The van der Waals surface area contributed by atoms with Gasteiger partial charge in [0.2, 0.25) is 0 Å². The van der Waals surface area contributed by atoms with Crippen LogP contribution >= 0.6 is 0 Å². The van der Waals surface area contributed by atoms with Crippen molar-refractivity contribution in [3.8, 4) is 11.8 Å². The second kappa shape index (κ2) is 4.95. The van der Waals surface area contributed by atoms with Gasteiger partial charge in [-0.3, -0.25) is 0 Å². The van der Waals surface area contributed by atoms with Gasteiger partial charge in [0, 0.05) is 6.42 Å². The van der Waals surface area contributed by atoms with Gasteiger partial charge in [-0.25, -0.2) is 0 Å². The highest BCUT2D eigenvalue weighted by Gasteiger charge is 2.04. The Morgan fingerprint density at radius 2 is 2.00 bits per heavy atom. The Labute approximate surface area is 67.6 Å². The molecule has 0 aromatic heterocycles.